The number of halogens is 1. The molecule has 0 heterocycles. The van der Waals surface area contributed by atoms with Gasteiger partial charge in [0.1, 0.15) is 0 Å². The van der Waals surface area contributed by atoms with Crippen molar-refractivity contribution in [1.82, 2.24) is 5.32 Å². The Kier molecular flexibility index (Phi) is 3.36. The zero-order valence-corrected chi connectivity index (χ0v) is 11.7. The number of hydrogen-bond acceptors (Lipinski definition) is 2. The highest BCUT2D eigenvalue weighted by Crippen LogP contribution is 2.34. The number of fused-ring (bicyclic) bond motifs is 1. The third-order valence-electron chi connectivity index (χ3n) is 3.74. The highest BCUT2D eigenvalue weighted by atomic mass is 35.5. The first kappa shape index (κ1) is 13.0. The Hall–Kier alpha value is -2.00. The maximum absolute atomic E-state index is 12.1. The topological polar surface area (TPSA) is 55.1 Å². The molecule has 0 aromatic heterocycles. The number of benzene rings is 2. The molecule has 1 amide bonds. The first-order chi connectivity index (χ1) is 9.66. The van der Waals surface area contributed by atoms with E-state index in [0.717, 1.165) is 6.42 Å². The van der Waals surface area contributed by atoms with Gasteiger partial charge >= 0.3 is 0 Å². The zero-order chi connectivity index (χ0) is 14.1. The van der Waals surface area contributed by atoms with E-state index < -0.39 is 0 Å². The van der Waals surface area contributed by atoms with Crippen LogP contribution >= 0.6 is 11.6 Å². The molecule has 3 rings (SSSR count). The summed E-state index contributed by atoms with van der Waals surface area (Å²) in [7, 11) is 0. The SMILES string of the molecule is Nc1cccc(C(=O)NCC2Cc3ccccc32)c1Cl. The van der Waals surface area contributed by atoms with E-state index in [1.807, 2.05) is 12.1 Å². The van der Waals surface area contributed by atoms with E-state index in [1.165, 1.54) is 11.1 Å². The van der Waals surface area contributed by atoms with Crippen LogP contribution in [0.5, 0.6) is 0 Å². The van der Waals surface area contributed by atoms with Crippen LogP contribution < -0.4 is 11.1 Å². The lowest BCUT2D eigenvalue weighted by Gasteiger charge is -2.30. The summed E-state index contributed by atoms with van der Waals surface area (Å²) >= 11 is 6.05. The minimum Gasteiger partial charge on any atom is -0.398 e. The molecule has 0 saturated heterocycles. The Balaban J connectivity index is 1.65. The molecule has 3 N–H and O–H groups in total. The van der Waals surface area contributed by atoms with E-state index in [1.54, 1.807) is 18.2 Å². The zero-order valence-electron chi connectivity index (χ0n) is 10.9. The fourth-order valence-corrected chi connectivity index (χ4v) is 2.79. The number of amides is 1. The van der Waals surface area contributed by atoms with E-state index >= 15 is 0 Å². The molecule has 0 aliphatic heterocycles. The number of hydrogen-bond donors (Lipinski definition) is 2. The summed E-state index contributed by atoms with van der Waals surface area (Å²) < 4.78 is 0. The molecule has 0 spiro atoms. The van der Waals surface area contributed by atoms with Crippen LogP contribution in [-0.4, -0.2) is 12.5 Å². The third-order valence-corrected chi connectivity index (χ3v) is 4.17. The average molecular weight is 287 g/mol. The number of carbonyl (C=O) groups is 1. The van der Waals surface area contributed by atoms with Gasteiger partial charge in [0.25, 0.3) is 5.91 Å². The summed E-state index contributed by atoms with van der Waals surface area (Å²) in [6.07, 6.45) is 1.01. The number of nitrogens with one attached hydrogen (secondary N) is 1. The fourth-order valence-electron chi connectivity index (χ4n) is 2.58. The van der Waals surface area contributed by atoms with Crippen molar-refractivity contribution < 1.29 is 4.79 Å². The molecule has 1 aliphatic carbocycles. The van der Waals surface area contributed by atoms with Crippen LogP contribution in [0.4, 0.5) is 5.69 Å². The van der Waals surface area contributed by atoms with Crippen molar-refractivity contribution in [3.8, 4) is 0 Å². The molecule has 102 valence electrons. The molecular weight excluding hydrogens is 272 g/mol. The van der Waals surface area contributed by atoms with Gasteiger partial charge in [-0.25, -0.2) is 0 Å². The highest BCUT2D eigenvalue weighted by Gasteiger charge is 2.25. The van der Waals surface area contributed by atoms with Gasteiger partial charge in [0.15, 0.2) is 0 Å². The Morgan fingerprint density at radius 2 is 2.05 bits per heavy atom. The second-order valence-corrected chi connectivity index (χ2v) is 5.40. The van der Waals surface area contributed by atoms with Crippen LogP contribution in [0.25, 0.3) is 0 Å². The van der Waals surface area contributed by atoms with Crippen LogP contribution in [0.1, 0.15) is 27.4 Å². The minimum absolute atomic E-state index is 0.174. The van der Waals surface area contributed by atoms with Crippen molar-refractivity contribution >= 4 is 23.2 Å². The number of nitrogen functional groups attached to an aromatic ring is 1. The van der Waals surface area contributed by atoms with E-state index in [4.69, 9.17) is 17.3 Å². The van der Waals surface area contributed by atoms with Crippen molar-refractivity contribution in [2.75, 3.05) is 12.3 Å². The Bertz CT molecular complexity index is 669. The van der Waals surface area contributed by atoms with Gasteiger partial charge in [-0.05, 0) is 29.7 Å². The smallest absolute Gasteiger partial charge is 0.252 e. The summed E-state index contributed by atoms with van der Waals surface area (Å²) in [5.74, 6) is 0.224. The van der Waals surface area contributed by atoms with E-state index in [9.17, 15) is 4.79 Å². The van der Waals surface area contributed by atoms with Crippen LogP contribution in [0.3, 0.4) is 0 Å². The van der Waals surface area contributed by atoms with Crippen LogP contribution in [0.15, 0.2) is 42.5 Å². The van der Waals surface area contributed by atoms with Gasteiger partial charge < -0.3 is 11.1 Å². The molecule has 0 fully saturated rings. The van der Waals surface area contributed by atoms with Gasteiger partial charge in [-0.2, -0.15) is 0 Å². The quantitative estimate of drug-likeness (QED) is 0.852. The third kappa shape index (κ3) is 2.25. The van der Waals surface area contributed by atoms with Gasteiger partial charge in [-0.15, -0.1) is 0 Å². The summed E-state index contributed by atoms with van der Waals surface area (Å²) in [4.78, 5) is 12.1. The van der Waals surface area contributed by atoms with Crippen LogP contribution in [-0.2, 0) is 6.42 Å². The number of rotatable bonds is 3. The van der Waals surface area contributed by atoms with Crippen molar-refractivity contribution in [2.45, 2.75) is 12.3 Å². The predicted octanol–water partition coefficient (Wildman–Crippen LogP) is 2.99. The molecule has 0 radical (unpaired) electrons. The molecular formula is C16H15ClN2O. The van der Waals surface area contributed by atoms with E-state index in [2.05, 4.69) is 17.4 Å². The number of carbonyl (C=O) groups excluding carboxylic acids is 1. The standard InChI is InChI=1S/C16H15ClN2O/c17-15-13(6-3-7-14(15)18)16(20)19-9-11-8-10-4-1-2-5-12(10)11/h1-7,11H,8-9,18H2,(H,19,20). The first-order valence-electron chi connectivity index (χ1n) is 6.57. The lowest BCUT2D eigenvalue weighted by molar-refractivity contribution is 0.0950. The molecule has 1 unspecified atom stereocenters. The molecule has 0 saturated carbocycles. The summed E-state index contributed by atoms with van der Waals surface area (Å²) in [5.41, 5.74) is 9.25. The summed E-state index contributed by atoms with van der Waals surface area (Å²) in [6.45, 7) is 0.626. The van der Waals surface area contributed by atoms with Gasteiger partial charge in [0.05, 0.1) is 16.3 Å². The van der Waals surface area contributed by atoms with E-state index in [0.29, 0.717) is 28.7 Å². The first-order valence-corrected chi connectivity index (χ1v) is 6.94. The normalized spacial score (nSPS) is 16.1. The molecule has 0 bridgehead atoms. The van der Waals surface area contributed by atoms with Gasteiger partial charge in [-0.1, -0.05) is 41.9 Å². The lowest BCUT2D eigenvalue weighted by atomic mass is 9.77. The fraction of sp³-hybridized carbons (Fsp3) is 0.188. The molecule has 1 aliphatic rings. The van der Waals surface area contributed by atoms with Gasteiger partial charge in [0, 0.05) is 12.5 Å². The summed E-state index contributed by atoms with van der Waals surface area (Å²) in [6, 6.07) is 13.4. The van der Waals surface area contributed by atoms with Crippen molar-refractivity contribution in [3.63, 3.8) is 0 Å². The number of nitrogens with two attached hydrogens (primary N) is 1. The average Bonchev–Trinajstić information content (AvgIpc) is 2.42. The van der Waals surface area contributed by atoms with Gasteiger partial charge in [0.2, 0.25) is 0 Å². The molecule has 2 aromatic carbocycles. The molecule has 4 heteroatoms. The highest BCUT2D eigenvalue weighted by molar-refractivity contribution is 6.36. The number of anilines is 1. The summed E-state index contributed by atoms with van der Waals surface area (Å²) in [5, 5.41) is 3.25. The Morgan fingerprint density at radius 3 is 2.85 bits per heavy atom. The van der Waals surface area contributed by atoms with Crippen molar-refractivity contribution in [1.29, 1.82) is 0 Å². The minimum atomic E-state index is -0.174. The Labute approximate surface area is 122 Å². The predicted molar refractivity (Wildman–Crippen MR) is 81.1 cm³/mol. The monoisotopic (exact) mass is 286 g/mol. The Morgan fingerprint density at radius 1 is 1.25 bits per heavy atom. The maximum atomic E-state index is 12.1. The van der Waals surface area contributed by atoms with Crippen LogP contribution in [0.2, 0.25) is 5.02 Å². The second kappa shape index (κ2) is 5.17. The molecule has 20 heavy (non-hydrogen) atoms. The molecule has 2 aromatic rings. The molecule has 1 atom stereocenters. The van der Waals surface area contributed by atoms with Crippen LogP contribution in [0, 0.1) is 0 Å². The van der Waals surface area contributed by atoms with Crippen molar-refractivity contribution in [3.05, 3.63) is 64.2 Å². The molecule has 3 nitrogen and oxygen atoms in total. The maximum Gasteiger partial charge on any atom is 0.252 e. The lowest BCUT2D eigenvalue weighted by Crippen LogP contribution is -2.33. The van der Waals surface area contributed by atoms with Crippen molar-refractivity contribution in [2.24, 2.45) is 0 Å². The van der Waals surface area contributed by atoms with E-state index in [-0.39, 0.29) is 5.91 Å². The second-order valence-electron chi connectivity index (χ2n) is 5.02. The van der Waals surface area contributed by atoms with Gasteiger partial charge in [-0.3, -0.25) is 4.79 Å². The largest absolute Gasteiger partial charge is 0.398 e.